The van der Waals surface area contributed by atoms with E-state index in [1.807, 2.05) is 0 Å². The highest BCUT2D eigenvalue weighted by molar-refractivity contribution is 8.00. The van der Waals surface area contributed by atoms with Crippen molar-refractivity contribution in [3.05, 3.63) is 48.5 Å². The predicted octanol–water partition coefficient (Wildman–Crippen LogP) is 2.23. The minimum atomic E-state index is -2.59. The second kappa shape index (κ2) is 4.14. The van der Waals surface area contributed by atoms with E-state index in [0.717, 1.165) is 0 Å². The molecular weight excluding hydrogens is 236 g/mol. The van der Waals surface area contributed by atoms with E-state index in [1.54, 1.807) is 24.3 Å². The first kappa shape index (κ1) is 11.5. The third kappa shape index (κ3) is 2.26. The largest absolute Gasteiger partial charge is 0.508 e. The van der Waals surface area contributed by atoms with E-state index < -0.39 is 9.52 Å². The summed E-state index contributed by atoms with van der Waals surface area (Å²) in [6.45, 7) is 0. The molecule has 0 fully saturated rings. The molecule has 0 spiro atoms. The van der Waals surface area contributed by atoms with Crippen LogP contribution in [0.1, 0.15) is 0 Å². The second-order valence-corrected chi connectivity index (χ2v) is 5.96. The van der Waals surface area contributed by atoms with Crippen molar-refractivity contribution in [3.63, 3.8) is 0 Å². The van der Waals surface area contributed by atoms with E-state index in [2.05, 4.69) is 5.87 Å². The molecule has 0 aliphatic rings. The van der Waals surface area contributed by atoms with Crippen LogP contribution >= 0.6 is 0 Å². The topological polar surface area (TPSA) is 57.5 Å². The summed E-state index contributed by atoms with van der Waals surface area (Å²) in [5.74, 6) is 3.97. The lowest BCUT2D eigenvalue weighted by Crippen LogP contribution is -2.00. The lowest BCUT2D eigenvalue weighted by Gasteiger charge is -2.09. The first-order valence-corrected chi connectivity index (χ1v) is 6.68. The van der Waals surface area contributed by atoms with Gasteiger partial charge in [0.25, 0.3) is 0 Å². The highest BCUT2D eigenvalue weighted by Crippen LogP contribution is 2.23. The summed E-state index contributed by atoms with van der Waals surface area (Å²) in [6.07, 6.45) is 0. The standard InChI is InChI=1S/C13H12O3S/c1-17(16,12-6-2-10(14)3-7-12)13-8-4-11(15)5-9-13/h2-9,14-15H,1H2. The van der Waals surface area contributed by atoms with Crippen molar-refractivity contribution in [1.29, 1.82) is 0 Å². The molecule has 0 unspecified atom stereocenters. The highest BCUT2D eigenvalue weighted by Gasteiger charge is 2.10. The van der Waals surface area contributed by atoms with E-state index in [-0.39, 0.29) is 11.5 Å². The molecule has 0 aliphatic heterocycles. The van der Waals surface area contributed by atoms with Crippen molar-refractivity contribution in [3.8, 4) is 11.5 Å². The van der Waals surface area contributed by atoms with Gasteiger partial charge in [0.1, 0.15) is 11.5 Å². The molecule has 88 valence electrons. The highest BCUT2D eigenvalue weighted by atomic mass is 32.2. The Morgan fingerprint density at radius 1 is 0.765 bits per heavy atom. The zero-order valence-corrected chi connectivity index (χ0v) is 9.85. The Balaban J connectivity index is 2.50. The first-order chi connectivity index (χ1) is 8.00. The molecular formula is C13H12O3S. The van der Waals surface area contributed by atoms with Crippen LogP contribution in [0.3, 0.4) is 0 Å². The van der Waals surface area contributed by atoms with Gasteiger partial charge in [0.15, 0.2) is 0 Å². The molecule has 0 saturated carbocycles. The van der Waals surface area contributed by atoms with Crippen LogP contribution in [0.2, 0.25) is 0 Å². The predicted molar refractivity (Wildman–Crippen MR) is 68.0 cm³/mol. The van der Waals surface area contributed by atoms with Crippen LogP contribution in [0.5, 0.6) is 11.5 Å². The average Bonchev–Trinajstić information content (AvgIpc) is 2.30. The van der Waals surface area contributed by atoms with Crippen LogP contribution in [0.15, 0.2) is 58.3 Å². The minimum absolute atomic E-state index is 0.120. The van der Waals surface area contributed by atoms with E-state index in [9.17, 15) is 14.4 Å². The van der Waals surface area contributed by atoms with Gasteiger partial charge in [-0.05, 0) is 54.4 Å². The summed E-state index contributed by atoms with van der Waals surface area (Å²) in [5, 5.41) is 18.4. The summed E-state index contributed by atoms with van der Waals surface area (Å²) in [5.41, 5.74) is 0. The Kier molecular flexibility index (Phi) is 2.81. The van der Waals surface area contributed by atoms with Crippen LogP contribution in [0.4, 0.5) is 0 Å². The number of hydrogen-bond acceptors (Lipinski definition) is 3. The summed E-state index contributed by atoms with van der Waals surface area (Å²) < 4.78 is 12.5. The molecule has 2 rings (SSSR count). The Hall–Kier alpha value is -1.94. The zero-order chi connectivity index (χ0) is 12.5. The normalized spacial score (nSPS) is 11.3. The van der Waals surface area contributed by atoms with E-state index >= 15 is 0 Å². The molecule has 0 bridgehead atoms. The lowest BCUT2D eigenvalue weighted by molar-refractivity contribution is 0.474. The molecule has 0 radical (unpaired) electrons. The van der Waals surface area contributed by atoms with Gasteiger partial charge >= 0.3 is 0 Å². The SMILES string of the molecule is C=S(=O)(c1ccc(O)cc1)c1ccc(O)cc1. The van der Waals surface area contributed by atoms with Crippen molar-refractivity contribution >= 4 is 15.4 Å². The Labute approximate surface area is 100.0 Å². The monoisotopic (exact) mass is 248 g/mol. The van der Waals surface area contributed by atoms with Gasteiger partial charge in [-0.1, -0.05) is 0 Å². The maximum absolute atomic E-state index is 12.5. The maximum atomic E-state index is 12.5. The molecule has 4 heteroatoms. The number of phenolic OH excluding ortho intramolecular Hbond substituents is 2. The van der Waals surface area contributed by atoms with Gasteiger partial charge in [0, 0.05) is 19.3 Å². The molecule has 2 N–H and O–H groups in total. The van der Waals surface area contributed by atoms with Gasteiger partial charge in [-0.2, -0.15) is 0 Å². The Morgan fingerprint density at radius 2 is 1.06 bits per heavy atom. The van der Waals surface area contributed by atoms with Crippen molar-refractivity contribution < 1.29 is 14.4 Å². The maximum Gasteiger partial charge on any atom is 0.115 e. The van der Waals surface area contributed by atoms with E-state index in [1.165, 1.54) is 24.3 Å². The molecule has 17 heavy (non-hydrogen) atoms. The van der Waals surface area contributed by atoms with Gasteiger partial charge in [-0.3, -0.25) is 4.21 Å². The fourth-order valence-corrected chi connectivity index (χ4v) is 2.89. The van der Waals surface area contributed by atoms with Crippen LogP contribution in [-0.2, 0) is 9.52 Å². The zero-order valence-electron chi connectivity index (χ0n) is 9.04. The molecule has 0 aliphatic carbocycles. The third-order valence-electron chi connectivity index (χ3n) is 2.43. The fraction of sp³-hybridized carbons (Fsp3) is 0. The van der Waals surface area contributed by atoms with Gasteiger partial charge in [-0.25, -0.2) is 0 Å². The minimum Gasteiger partial charge on any atom is -0.508 e. The molecule has 0 amide bonds. The Bertz CT molecular complexity index is 559. The third-order valence-corrected chi connectivity index (χ3v) is 4.50. The van der Waals surface area contributed by atoms with Gasteiger partial charge in [-0.15, -0.1) is 0 Å². The van der Waals surface area contributed by atoms with Gasteiger partial charge in [0.05, 0.1) is 0 Å². The summed E-state index contributed by atoms with van der Waals surface area (Å²) in [4.78, 5) is 1.09. The van der Waals surface area contributed by atoms with Crippen LogP contribution in [0, 0.1) is 0 Å². The number of phenols is 2. The molecule has 0 aromatic heterocycles. The lowest BCUT2D eigenvalue weighted by atomic mass is 10.3. The summed E-state index contributed by atoms with van der Waals surface area (Å²) in [7, 11) is -2.59. The second-order valence-electron chi connectivity index (χ2n) is 3.66. The molecule has 2 aromatic rings. The summed E-state index contributed by atoms with van der Waals surface area (Å²) in [6, 6.07) is 12.2. The quantitative estimate of drug-likeness (QED) is 0.801. The van der Waals surface area contributed by atoms with Crippen molar-refractivity contribution in [1.82, 2.24) is 0 Å². The van der Waals surface area contributed by atoms with E-state index in [0.29, 0.717) is 9.79 Å². The van der Waals surface area contributed by atoms with Gasteiger partial charge in [0.2, 0.25) is 0 Å². The number of aromatic hydroxyl groups is 2. The van der Waals surface area contributed by atoms with Crippen LogP contribution in [-0.4, -0.2) is 20.3 Å². The van der Waals surface area contributed by atoms with Gasteiger partial charge < -0.3 is 10.2 Å². The molecule has 0 heterocycles. The molecule has 2 aromatic carbocycles. The van der Waals surface area contributed by atoms with Crippen LogP contribution < -0.4 is 0 Å². The first-order valence-electron chi connectivity index (χ1n) is 4.95. The average molecular weight is 248 g/mol. The fourth-order valence-electron chi connectivity index (χ4n) is 1.47. The number of hydrogen-bond donors (Lipinski definition) is 2. The van der Waals surface area contributed by atoms with Crippen molar-refractivity contribution in [2.24, 2.45) is 0 Å². The molecule has 0 atom stereocenters. The Morgan fingerprint density at radius 3 is 1.35 bits per heavy atom. The van der Waals surface area contributed by atoms with E-state index in [4.69, 9.17) is 0 Å². The number of rotatable bonds is 2. The molecule has 0 saturated heterocycles. The van der Waals surface area contributed by atoms with Crippen molar-refractivity contribution in [2.75, 3.05) is 0 Å². The summed E-state index contributed by atoms with van der Waals surface area (Å²) >= 11 is 0. The van der Waals surface area contributed by atoms with Crippen molar-refractivity contribution in [2.45, 2.75) is 9.79 Å². The van der Waals surface area contributed by atoms with Crippen LogP contribution in [0.25, 0.3) is 0 Å². The molecule has 3 nitrogen and oxygen atoms in total. The number of benzene rings is 2. The smallest absolute Gasteiger partial charge is 0.115 e.